The molecule has 0 N–H and O–H groups in total. The van der Waals surface area contributed by atoms with E-state index in [0.717, 1.165) is 28.5 Å². The molecule has 0 atom stereocenters. The van der Waals surface area contributed by atoms with E-state index in [-0.39, 0.29) is 31.1 Å². The molecule has 7 heteroatoms. The molecule has 267 valence electrons. The molecule has 0 aliphatic carbocycles. The van der Waals surface area contributed by atoms with Crippen molar-refractivity contribution in [3.63, 3.8) is 0 Å². The quantitative estimate of drug-likeness (QED) is 0.128. The third-order valence-corrected chi connectivity index (χ3v) is 11.2. The first-order valence-corrected chi connectivity index (χ1v) is 20.8. The summed E-state index contributed by atoms with van der Waals surface area (Å²) in [6.07, 6.45) is 3.82. The van der Waals surface area contributed by atoms with Crippen molar-refractivity contribution in [3.8, 4) is 44.8 Å². The summed E-state index contributed by atoms with van der Waals surface area (Å²) in [7, 11) is -1.46. The van der Waals surface area contributed by atoms with Gasteiger partial charge >= 0.3 is 0 Å². The van der Waals surface area contributed by atoms with Crippen molar-refractivity contribution < 1.29 is 33.3 Å². The van der Waals surface area contributed by atoms with Gasteiger partial charge in [0.05, 0.1) is 13.7 Å². The molecule has 8 rings (SSSR count). The van der Waals surface area contributed by atoms with Crippen LogP contribution in [0.2, 0.25) is 19.6 Å². The molecular weight excluding hydrogens is 855 g/mol. The van der Waals surface area contributed by atoms with Crippen LogP contribution in [0.15, 0.2) is 126 Å². The van der Waals surface area contributed by atoms with Gasteiger partial charge in [-0.25, -0.2) is 8.78 Å². The van der Waals surface area contributed by atoms with Gasteiger partial charge in [0.1, 0.15) is 17.2 Å². The maximum absolute atomic E-state index is 14.4. The van der Waals surface area contributed by atoms with E-state index in [0.29, 0.717) is 22.2 Å². The predicted octanol–water partition coefficient (Wildman–Crippen LogP) is 12.1. The van der Waals surface area contributed by atoms with Gasteiger partial charge in [0.2, 0.25) is 0 Å². The van der Waals surface area contributed by atoms with Crippen molar-refractivity contribution >= 4 is 35.2 Å². The Kier molecular flexibility index (Phi) is 11.0. The Hall–Kier alpha value is -5.07. The molecule has 0 aliphatic heterocycles. The molecule has 0 saturated carbocycles. The van der Waals surface area contributed by atoms with E-state index < -0.39 is 19.7 Å². The smallest absolute Gasteiger partial charge is 0.136 e. The summed E-state index contributed by atoms with van der Waals surface area (Å²) in [5, 5.41) is 2.24. The summed E-state index contributed by atoms with van der Waals surface area (Å²) < 4.78 is 34.0. The molecule has 0 spiro atoms. The van der Waals surface area contributed by atoms with Gasteiger partial charge in [0.25, 0.3) is 0 Å². The number of furan rings is 1. The van der Waals surface area contributed by atoms with E-state index in [9.17, 15) is 8.78 Å². The summed E-state index contributed by atoms with van der Waals surface area (Å²) in [4.78, 5) is 9.22. The molecule has 0 saturated heterocycles. The van der Waals surface area contributed by atoms with Gasteiger partial charge < -0.3 is 14.4 Å². The third kappa shape index (κ3) is 7.84. The minimum Gasteiger partial charge on any atom is -0.500 e. The fourth-order valence-corrected chi connectivity index (χ4v) is 8.42. The number of hydrogen-bond acceptors (Lipinski definition) is 3. The average Bonchev–Trinajstić information content (AvgIpc) is 3.51. The van der Waals surface area contributed by atoms with Crippen molar-refractivity contribution in [2.24, 2.45) is 0 Å². The second-order valence-electron chi connectivity index (χ2n) is 14.2. The van der Waals surface area contributed by atoms with Crippen molar-refractivity contribution in [1.82, 2.24) is 9.97 Å². The maximum atomic E-state index is 14.4. The number of nitrogens with zero attached hydrogens (tertiary/aromatic N) is 2. The van der Waals surface area contributed by atoms with Crippen LogP contribution in [-0.4, -0.2) is 18.0 Å². The van der Waals surface area contributed by atoms with Gasteiger partial charge in [-0.2, -0.15) is 0 Å². The fourth-order valence-electron chi connectivity index (χ4n) is 6.95. The van der Waals surface area contributed by atoms with Crippen LogP contribution in [0.1, 0.15) is 16.7 Å². The van der Waals surface area contributed by atoms with Crippen molar-refractivity contribution in [1.29, 1.82) is 0 Å². The van der Waals surface area contributed by atoms with Gasteiger partial charge in [-0.15, -0.1) is 54.1 Å². The van der Waals surface area contributed by atoms with Gasteiger partial charge in [-0.1, -0.05) is 90.8 Å². The molecule has 53 heavy (non-hydrogen) atoms. The number of pyridine rings is 2. The molecule has 5 aromatic carbocycles. The summed E-state index contributed by atoms with van der Waals surface area (Å²) >= 11 is 0. The molecular formula is C46H38F2IrN2OSi-2. The Morgan fingerprint density at radius 2 is 1.43 bits per heavy atom. The molecule has 0 unspecified atom stereocenters. The summed E-state index contributed by atoms with van der Waals surface area (Å²) in [6, 6.07) is 41.1. The molecule has 0 bridgehead atoms. The first kappa shape index (κ1) is 37.7. The second kappa shape index (κ2) is 15.5. The Balaban J connectivity index is 0.000000187. The Labute approximate surface area is 324 Å². The van der Waals surface area contributed by atoms with Gasteiger partial charge in [-0.3, -0.25) is 0 Å². The van der Waals surface area contributed by atoms with Crippen LogP contribution in [0.5, 0.6) is 0 Å². The minimum absolute atomic E-state index is 0. The van der Waals surface area contributed by atoms with E-state index in [4.69, 9.17) is 9.40 Å². The van der Waals surface area contributed by atoms with Crippen molar-refractivity contribution in [2.45, 2.75) is 40.4 Å². The van der Waals surface area contributed by atoms with E-state index in [1.165, 1.54) is 39.1 Å². The summed E-state index contributed by atoms with van der Waals surface area (Å²) in [5.74, 6) is -1.32. The molecule has 3 heterocycles. The molecule has 3 aromatic heterocycles. The van der Waals surface area contributed by atoms with E-state index in [2.05, 4.69) is 118 Å². The SMILES string of the molecule is C[Si](C)(C)c1cnc(-c2[c-]cccc2)cc1-c1ccccc1.Cc1cc(C)c(-c2ccnc(-c3[c-]ccc4c3oc3cc(F)cc(F)c34)c2)c(C)c1.[Ir]. The van der Waals surface area contributed by atoms with Crippen molar-refractivity contribution in [3.05, 3.63) is 162 Å². The van der Waals surface area contributed by atoms with Crippen LogP contribution < -0.4 is 5.19 Å². The van der Waals surface area contributed by atoms with Crippen LogP contribution in [0.3, 0.4) is 0 Å². The Morgan fingerprint density at radius 3 is 2.13 bits per heavy atom. The fraction of sp³-hybridized carbons (Fsp3) is 0.130. The van der Waals surface area contributed by atoms with Crippen LogP contribution in [0.4, 0.5) is 8.78 Å². The zero-order chi connectivity index (χ0) is 36.6. The van der Waals surface area contributed by atoms with E-state index in [1.54, 1.807) is 18.3 Å². The number of aromatic nitrogens is 2. The first-order chi connectivity index (χ1) is 25.0. The molecule has 0 amide bonds. The zero-order valence-corrected chi connectivity index (χ0v) is 33.8. The van der Waals surface area contributed by atoms with Gasteiger partial charge in [-0.05, 0) is 76.8 Å². The normalized spacial score (nSPS) is 11.2. The number of benzene rings is 5. The molecule has 3 nitrogen and oxygen atoms in total. The molecule has 0 fully saturated rings. The second-order valence-corrected chi connectivity index (χ2v) is 19.2. The molecule has 1 radical (unpaired) electrons. The first-order valence-electron chi connectivity index (χ1n) is 17.3. The van der Waals surface area contributed by atoms with E-state index >= 15 is 0 Å². The number of rotatable bonds is 5. The average molecular weight is 893 g/mol. The van der Waals surface area contributed by atoms with Crippen molar-refractivity contribution in [2.75, 3.05) is 0 Å². The van der Waals surface area contributed by atoms with E-state index in [1.807, 2.05) is 30.3 Å². The zero-order valence-electron chi connectivity index (χ0n) is 30.4. The summed E-state index contributed by atoms with van der Waals surface area (Å²) in [6.45, 7) is 13.4. The van der Waals surface area contributed by atoms with Crippen LogP contribution in [0.25, 0.3) is 66.7 Å². The maximum Gasteiger partial charge on any atom is 0.136 e. The third-order valence-electron chi connectivity index (χ3n) is 9.21. The number of hydrogen-bond donors (Lipinski definition) is 0. The van der Waals surface area contributed by atoms with Crippen LogP contribution in [0, 0.1) is 44.5 Å². The summed E-state index contributed by atoms with van der Waals surface area (Å²) in [5.41, 5.74) is 12.3. The number of aryl methyl sites for hydroxylation is 3. The number of halogens is 2. The van der Waals surface area contributed by atoms with Gasteiger partial charge in [0.15, 0.2) is 0 Å². The Morgan fingerprint density at radius 1 is 0.698 bits per heavy atom. The molecule has 8 aromatic rings. The van der Waals surface area contributed by atoms with Crippen LogP contribution in [-0.2, 0) is 20.1 Å². The monoisotopic (exact) mass is 893 g/mol. The standard InChI is InChI=1S/C26H18F2NO.C20H20NSi.Ir/c1-14-9-15(2)24(16(3)10-14)17-7-8-29-22(11-17)19-5-4-6-20-25-21(28)12-18(27)13-23(25)30-26(19)20;1-22(2,3)20-15-21-19(17-12-8-5-9-13-17)14-18(20)16-10-6-4-7-11-16;/h4,6-13H,1-3H3;4-12,14-15H,1-3H3;/q2*-1;. The topological polar surface area (TPSA) is 38.9 Å². The van der Waals surface area contributed by atoms with Crippen LogP contribution >= 0.6 is 0 Å². The largest absolute Gasteiger partial charge is 0.500 e. The predicted molar refractivity (Wildman–Crippen MR) is 212 cm³/mol. The Bertz CT molecular complexity index is 2540. The minimum atomic E-state index is -1.46. The number of fused-ring (bicyclic) bond motifs is 3. The van der Waals surface area contributed by atoms with Gasteiger partial charge in [0, 0.05) is 50.0 Å². The molecule has 0 aliphatic rings.